The van der Waals surface area contributed by atoms with Gasteiger partial charge in [-0.15, -0.1) is 0 Å². The van der Waals surface area contributed by atoms with Gasteiger partial charge in [0.05, 0.1) is 10.9 Å². The lowest BCUT2D eigenvalue weighted by atomic mass is 10.2. The molecule has 0 bridgehead atoms. The van der Waals surface area contributed by atoms with Gasteiger partial charge in [-0.3, -0.25) is 9.79 Å². The first-order chi connectivity index (χ1) is 9.99. The highest BCUT2D eigenvalue weighted by atomic mass is 35.5. The van der Waals surface area contributed by atoms with Crippen molar-refractivity contribution in [3.8, 4) is 0 Å². The molecule has 0 radical (unpaired) electrons. The first-order valence-corrected chi connectivity index (χ1v) is 6.78. The maximum absolute atomic E-state index is 13.5. The molecule has 2 aromatic rings. The van der Waals surface area contributed by atoms with Crippen LogP contribution in [0.25, 0.3) is 11.0 Å². The Kier molecular flexibility index (Phi) is 3.30. The summed E-state index contributed by atoms with van der Waals surface area (Å²) in [6.45, 7) is 0.234. The highest BCUT2D eigenvalue weighted by Gasteiger charge is 2.21. The fraction of sp³-hybridized carbons (Fsp3) is 0.0909. The topological polar surface area (TPSA) is 87.8 Å². The van der Waals surface area contributed by atoms with E-state index in [1.54, 1.807) is 9.96 Å². The Bertz CT molecular complexity index is 845. The highest BCUT2D eigenvalue weighted by molar-refractivity contribution is 8.13. The number of nitrogens with zero attached hydrogens (tertiary/aromatic N) is 4. The summed E-state index contributed by atoms with van der Waals surface area (Å²) >= 11 is 6.83. The number of hydrogen-bond acceptors (Lipinski definition) is 6. The molecule has 0 fully saturated rings. The number of aromatic carboxylic acids is 1. The van der Waals surface area contributed by atoms with Crippen LogP contribution in [0.3, 0.4) is 0 Å². The van der Waals surface area contributed by atoms with Crippen LogP contribution in [0.1, 0.15) is 10.4 Å². The molecule has 7 nitrogen and oxygen atoms in total. The second-order valence-electron chi connectivity index (χ2n) is 4.04. The van der Waals surface area contributed by atoms with E-state index in [1.165, 1.54) is 16.6 Å². The molecule has 1 aliphatic heterocycles. The molecular formula is C11H6ClFN4O3S. The van der Waals surface area contributed by atoms with E-state index < -0.39 is 27.9 Å². The molecule has 0 saturated carbocycles. The van der Waals surface area contributed by atoms with Crippen LogP contribution in [0.15, 0.2) is 22.1 Å². The lowest BCUT2D eigenvalue weighted by Gasteiger charge is -2.20. The van der Waals surface area contributed by atoms with Gasteiger partial charge in [-0.25, -0.2) is 23.3 Å². The molecule has 0 unspecified atom stereocenters. The average Bonchev–Trinajstić information content (AvgIpc) is 2.95. The zero-order valence-corrected chi connectivity index (χ0v) is 11.7. The molecule has 3 heterocycles. The predicted octanol–water partition coefficient (Wildman–Crippen LogP) is 1.47. The van der Waals surface area contributed by atoms with Gasteiger partial charge in [0.1, 0.15) is 12.2 Å². The van der Waals surface area contributed by atoms with Crippen LogP contribution in [-0.2, 0) is 0 Å². The van der Waals surface area contributed by atoms with Gasteiger partial charge < -0.3 is 5.11 Å². The average molecular weight is 329 g/mol. The smallest absolute Gasteiger partial charge is 0.341 e. The van der Waals surface area contributed by atoms with Crippen molar-refractivity contribution in [2.45, 2.75) is 0 Å². The molecule has 10 heteroatoms. The van der Waals surface area contributed by atoms with Gasteiger partial charge in [0.15, 0.2) is 16.6 Å². The fourth-order valence-corrected chi connectivity index (χ4v) is 2.59. The van der Waals surface area contributed by atoms with Crippen molar-refractivity contribution in [3.63, 3.8) is 0 Å². The van der Waals surface area contributed by atoms with E-state index in [4.69, 9.17) is 16.7 Å². The second-order valence-corrected chi connectivity index (χ2v) is 5.24. The number of aromatic nitrogens is 2. The number of halogens is 2. The van der Waals surface area contributed by atoms with Crippen LogP contribution in [0, 0.1) is 5.82 Å². The molecule has 2 aromatic heterocycles. The molecule has 21 heavy (non-hydrogen) atoms. The molecular weight excluding hydrogens is 323 g/mol. The number of hydrogen-bond donors (Lipinski definition) is 1. The molecule has 1 N–H and O–H groups in total. The number of fused-ring (bicyclic) bond motifs is 1. The van der Waals surface area contributed by atoms with E-state index >= 15 is 0 Å². The van der Waals surface area contributed by atoms with Crippen LogP contribution in [0.2, 0.25) is 5.15 Å². The van der Waals surface area contributed by atoms with Crippen LogP contribution < -0.4 is 9.84 Å². The van der Waals surface area contributed by atoms with Gasteiger partial charge in [-0.05, 0) is 6.07 Å². The predicted molar refractivity (Wildman–Crippen MR) is 77.1 cm³/mol. The molecule has 0 aromatic carbocycles. The largest absolute Gasteiger partial charge is 0.477 e. The molecule has 1 aliphatic rings. The molecule has 0 saturated heterocycles. The minimum atomic E-state index is -1.41. The first kappa shape index (κ1) is 13.8. The number of rotatable bonds is 2. The standard InChI is InChI=1S/C11H6ClFN4O3S/c12-9-7(13)1-5-8(18)6(11(19)20)2-16(10(5)15-9)17-3-14-4-21-17/h1-2,4H,3H2,(H,19,20). The third-order valence-corrected chi connectivity index (χ3v) is 3.83. The Balaban J connectivity index is 2.39. The number of aliphatic imine (C=N–C) groups is 1. The van der Waals surface area contributed by atoms with Crippen LogP contribution in [0.5, 0.6) is 0 Å². The first-order valence-electron chi connectivity index (χ1n) is 5.56. The highest BCUT2D eigenvalue weighted by Crippen LogP contribution is 2.21. The van der Waals surface area contributed by atoms with Crippen LogP contribution in [-0.4, -0.2) is 33.0 Å². The van der Waals surface area contributed by atoms with E-state index in [2.05, 4.69) is 9.98 Å². The van der Waals surface area contributed by atoms with Crippen molar-refractivity contribution in [1.29, 1.82) is 0 Å². The Morgan fingerprint density at radius 1 is 1.52 bits per heavy atom. The molecule has 0 atom stereocenters. The van der Waals surface area contributed by atoms with E-state index in [0.29, 0.717) is 0 Å². The molecule has 3 rings (SSSR count). The maximum Gasteiger partial charge on any atom is 0.341 e. The Hall–Kier alpha value is -2.13. The van der Waals surface area contributed by atoms with Crippen LogP contribution in [0.4, 0.5) is 4.39 Å². The number of pyridine rings is 2. The lowest BCUT2D eigenvalue weighted by Crippen LogP contribution is -2.30. The van der Waals surface area contributed by atoms with E-state index in [-0.39, 0.29) is 17.7 Å². The maximum atomic E-state index is 13.5. The van der Waals surface area contributed by atoms with E-state index in [1.807, 2.05) is 0 Å². The van der Waals surface area contributed by atoms with Gasteiger partial charge in [-0.1, -0.05) is 11.6 Å². The number of carbonyl (C=O) groups is 1. The summed E-state index contributed by atoms with van der Waals surface area (Å²) in [5.74, 6) is -2.29. The van der Waals surface area contributed by atoms with Crippen molar-refractivity contribution in [3.05, 3.63) is 39.0 Å². The van der Waals surface area contributed by atoms with Gasteiger partial charge >= 0.3 is 5.97 Å². The van der Waals surface area contributed by atoms with Crippen LogP contribution >= 0.6 is 23.5 Å². The normalized spacial score (nSPS) is 14.1. The van der Waals surface area contributed by atoms with Gasteiger partial charge in [0, 0.05) is 18.1 Å². The zero-order chi connectivity index (χ0) is 15.1. The van der Waals surface area contributed by atoms with Crippen molar-refractivity contribution in [2.75, 3.05) is 11.1 Å². The molecule has 108 valence electrons. The third kappa shape index (κ3) is 2.24. The van der Waals surface area contributed by atoms with Crippen molar-refractivity contribution in [1.82, 2.24) is 9.66 Å². The van der Waals surface area contributed by atoms with Crippen molar-refractivity contribution in [2.24, 2.45) is 4.99 Å². The second kappa shape index (κ2) is 5.01. The summed E-state index contributed by atoms with van der Waals surface area (Å²) in [5.41, 5.74) is 0.310. The zero-order valence-electron chi connectivity index (χ0n) is 10.2. The monoisotopic (exact) mass is 328 g/mol. The fourth-order valence-electron chi connectivity index (χ4n) is 1.85. The lowest BCUT2D eigenvalue weighted by molar-refractivity contribution is 0.0695. The van der Waals surface area contributed by atoms with E-state index in [0.717, 1.165) is 12.3 Å². The number of carboxylic acid groups (broad SMARTS) is 1. The minimum Gasteiger partial charge on any atom is -0.477 e. The van der Waals surface area contributed by atoms with Gasteiger partial charge in [0.2, 0.25) is 5.43 Å². The molecule has 0 aliphatic carbocycles. The van der Waals surface area contributed by atoms with Gasteiger partial charge in [0.25, 0.3) is 0 Å². The Morgan fingerprint density at radius 3 is 2.90 bits per heavy atom. The minimum absolute atomic E-state index is 0.0643. The summed E-state index contributed by atoms with van der Waals surface area (Å²) in [7, 11) is 0. The summed E-state index contributed by atoms with van der Waals surface area (Å²) < 4.78 is 16.4. The van der Waals surface area contributed by atoms with E-state index in [9.17, 15) is 14.0 Å². The SMILES string of the molecule is O=C(O)c1cn(N2CN=CS2)c2nc(Cl)c(F)cc2c1=O. The Morgan fingerprint density at radius 2 is 2.29 bits per heavy atom. The Labute approximate surface area is 125 Å². The third-order valence-electron chi connectivity index (χ3n) is 2.79. The van der Waals surface area contributed by atoms with Gasteiger partial charge in [-0.2, -0.15) is 0 Å². The summed E-state index contributed by atoms with van der Waals surface area (Å²) in [6, 6.07) is 0.886. The number of carboxylic acids is 1. The summed E-state index contributed by atoms with van der Waals surface area (Å²) in [5, 5.41) is 8.54. The van der Waals surface area contributed by atoms with Crippen molar-refractivity contribution < 1.29 is 14.3 Å². The van der Waals surface area contributed by atoms with Crippen molar-refractivity contribution >= 4 is 46.1 Å². The summed E-state index contributed by atoms with van der Waals surface area (Å²) in [6.07, 6.45) is 1.12. The quantitative estimate of drug-likeness (QED) is 0.663. The molecule has 0 amide bonds. The molecule has 0 spiro atoms. The summed E-state index contributed by atoms with van der Waals surface area (Å²) in [4.78, 5) is 31.1.